The van der Waals surface area contributed by atoms with E-state index in [1.807, 2.05) is 41.3 Å². The first-order chi connectivity index (χ1) is 12.7. The third-order valence-electron chi connectivity index (χ3n) is 5.16. The van der Waals surface area contributed by atoms with Crippen molar-refractivity contribution >= 4 is 11.7 Å². The minimum absolute atomic E-state index is 0.0413. The van der Waals surface area contributed by atoms with Gasteiger partial charge in [-0.25, -0.2) is 9.78 Å². The van der Waals surface area contributed by atoms with Gasteiger partial charge in [-0.2, -0.15) is 4.39 Å². The van der Waals surface area contributed by atoms with E-state index in [1.165, 1.54) is 6.20 Å². The standard InChI is InChI=1S/C21H21FN2O2/c22-20-19(10-5-11-23-20)16-12-17-8-4-9-18(13-16)24(17)21(25)26-14-15-6-2-1-3-7-15/h1-3,5-7,10-12,17-18H,4,8-9,13-14H2. The summed E-state index contributed by atoms with van der Waals surface area (Å²) in [5.41, 5.74) is 2.45. The van der Waals surface area contributed by atoms with Gasteiger partial charge in [-0.05, 0) is 49.0 Å². The summed E-state index contributed by atoms with van der Waals surface area (Å²) < 4.78 is 19.6. The normalized spacial score (nSPS) is 21.9. The Labute approximate surface area is 152 Å². The molecule has 1 saturated heterocycles. The molecule has 2 aliphatic heterocycles. The van der Waals surface area contributed by atoms with Crippen LogP contribution in [-0.2, 0) is 11.3 Å². The number of amides is 1. The second-order valence-electron chi connectivity index (χ2n) is 6.84. The molecule has 2 aromatic rings. The molecule has 0 N–H and O–H groups in total. The van der Waals surface area contributed by atoms with Crippen LogP contribution in [0.2, 0.25) is 0 Å². The summed E-state index contributed by atoms with van der Waals surface area (Å²) in [6.07, 6.45) is 6.68. The molecule has 1 aromatic heterocycles. The highest BCUT2D eigenvalue weighted by molar-refractivity contribution is 5.74. The number of aromatic nitrogens is 1. The predicted octanol–water partition coefficient (Wildman–Crippen LogP) is 4.57. The SMILES string of the molecule is O=C(OCc1ccccc1)N1C2C=C(c3cccnc3F)CC1CCC2. The third-order valence-corrected chi connectivity index (χ3v) is 5.16. The molecule has 4 nitrogen and oxygen atoms in total. The minimum atomic E-state index is -0.447. The first kappa shape index (κ1) is 16.8. The lowest BCUT2D eigenvalue weighted by Gasteiger charge is -2.44. The molecule has 0 saturated carbocycles. The van der Waals surface area contributed by atoms with Crippen molar-refractivity contribution in [3.63, 3.8) is 0 Å². The zero-order valence-corrected chi connectivity index (χ0v) is 14.5. The molecule has 2 bridgehead atoms. The maximum atomic E-state index is 14.1. The molecule has 2 unspecified atom stereocenters. The van der Waals surface area contributed by atoms with Gasteiger partial charge >= 0.3 is 6.09 Å². The van der Waals surface area contributed by atoms with E-state index in [-0.39, 0.29) is 24.8 Å². The average molecular weight is 352 g/mol. The van der Waals surface area contributed by atoms with Crippen LogP contribution in [0.15, 0.2) is 54.7 Å². The molecule has 4 rings (SSSR count). The van der Waals surface area contributed by atoms with E-state index < -0.39 is 5.95 Å². The van der Waals surface area contributed by atoms with Crippen LogP contribution >= 0.6 is 0 Å². The van der Waals surface area contributed by atoms with Gasteiger partial charge in [0, 0.05) is 17.8 Å². The summed E-state index contributed by atoms with van der Waals surface area (Å²) >= 11 is 0. The van der Waals surface area contributed by atoms with Gasteiger partial charge in [-0.1, -0.05) is 36.4 Å². The highest BCUT2D eigenvalue weighted by Crippen LogP contribution is 2.37. The van der Waals surface area contributed by atoms with Crippen molar-refractivity contribution in [2.75, 3.05) is 0 Å². The number of hydrogen-bond acceptors (Lipinski definition) is 3. The Balaban J connectivity index is 1.51. The van der Waals surface area contributed by atoms with Gasteiger partial charge in [0.15, 0.2) is 0 Å². The minimum Gasteiger partial charge on any atom is -0.445 e. The van der Waals surface area contributed by atoms with E-state index in [0.717, 1.165) is 30.4 Å². The third kappa shape index (κ3) is 3.34. The van der Waals surface area contributed by atoms with Gasteiger partial charge in [0.25, 0.3) is 0 Å². The number of benzene rings is 1. The van der Waals surface area contributed by atoms with Crippen LogP contribution < -0.4 is 0 Å². The summed E-state index contributed by atoms with van der Waals surface area (Å²) in [5, 5.41) is 0. The summed E-state index contributed by atoms with van der Waals surface area (Å²) in [5.74, 6) is -0.447. The topological polar surface area (TPSA) is 42.4 Å². The van der Waals surface area contributed by atoms with E-state index in [4.69, 9.17) is 4.74 Å². The van der Waals surface area contributed by atoms with E-state index >= 15 is 0 Å². The van der Waals surface area contributed by atoms with Crippen molar-refractivity contribution < 1.29 is 13.9 Å². The van der Waals surface area contributed by atoms with E-state index in [2.05, 4.69) is 4.98 Å². The fraction of sp³-hybridized carbons (Fsp3) is 0.333. The van der Waals surface area contributed by atoms with Gasteiger partial charge in [0.2, 0.25) is 5.95 Å². The Morgan fingerprint density at radius 3 is 2.81 bits per heavy atom. The Hall–Kier alpha value is -2.69. The highest BCUT2D eigenvalue weighted by Gasteiger charge is 2.38. The van der Waals surface area contributed by atoms with Crippen LogP contribution in [0.5, 0.6) is 0 Å². The van der Waals surface area contributed by atoms with Gasteiger partial charge in [0.05, 0.1) is 6.04 Å². The largest absolute Gasteiger partial charge is 0.445 e. The number of carbonyl (C=O) groups is 1. The first-order valence-corrected chi connectivity index (χ1v) is 9.03. The number of hydrogen-bond donors (Lipinski definition) is 0. The summed E-state index contributed by atoms with van der Waals surface area (Å²) in [4.78, 5) is 18.3. The molecule has 134 valence electrons. The van der Waals surface area contributed by atoms with Crippen molar-refractivity contribution in [2.45, 2.75) is 44.4 Å². The molecule has 0 radical (unpaired) electrons. The smallest absolute Gasteiger partial charge is 0.410 e. The number of halogens is 1. The maximum absolute atomic E-state index is 14.1. The van der Waals surface area contributed by atoms with E-state index in [9.17, 15) is 9.18 Å². The van der Waals surface area contributed by atoms with Crippen molar-refractivity contribution in [3.8, 4) is 0 Å². The van der Waals surface area contributed by atoms with Gasteiger partial charge in [-0.15, -0.1) is 0 Å². The first-order valence-electron chi connectivity index (χ1n) is 9.03. The molecule has 0 aliphatic carbocycles. The maximum Gasteiger partial charge on any atom is 0.410 e. The Morgan fingerprint density at radius 2 is 2.04 bits per heavy atom. The van der Waals surface area contributed by atoms with E-state index in [0.29, 0.717) is 12.0 Å². The van der Waals surface area contributed by atoms with E-state index in [1.54, 1.807) is 12.1 Å². The second kappa shape index (κ2) is 7.28. The predicted molar refractivity (Wildman–Crippen MR) is 96.7 cm³/mol. The number of nitrogens with zero attached hydrogens (tertiary/aromatic N) is 2. The van der Waals surface area contributed by atoms with Crippen LogP contribution in [-0.4, -0.2) is 28.1 Å². The molecule has 2 atom stereocenters. The van der Waals surface area contributed by atoms with Crippen LogP contribution in [0.3, 0.4) is 0 Å². The number of fused-ring (bicyclic) bond motifs is 2. The van der Waals surface area contributed by atoms with Gasteiger partial charge in [0.1, 0.15) is 6.61 Å². The Bertz CT molecular complexity index is 822. The Morgan fingerprint density at radius 1 is 1.19 bits per heavy atom. The molecular formula is C21H21FN2O2. The fourth-order valence-corrected chi connectivity index (χ4v) is 3.93. The lowest BCUT2D eigenvalue weighted by molar-refractivity contribution is 0.0510. The molecule has 0 spiro atoms. The lowest BCUT2D eigenvalue weighted by atomic mass is 9.83. The zero-order chi connectivity index (χ0) is 17.9. The quantitative estimate of drug-likeness (QED) is 0.760. The summed E-state index contributed by atoms with van der Waals surface area (Å²) in [6.45, 7) is 0.267. The van der Waals surface area contributed by atoms with Gasteiger partial charge < -0.3 is 4.74 Å². The van der Waals surface area contributed by atoms with Crippen LogP contribution in [0.25, 0.3) is 5.57 Å². The molecule has 26 heavy (non-hydrogen) atoms. The van der Waals surface area contributed by atoms with Crippen LogP contribution in [0, 0.1) is 5.95 Å². The number of ether oxygens (including phenoxy) is 1. The highest BCUT2D eigenvalue weighted by atomic mass is 19.1. The molecule has 5 heteroatoms. The zero-order valence-electron chi connectivity index (χ0n) is 14.5. The molecule has 1 amide bonds. The van der Waals surface area contributed by atoms with Gasteiger partial charge in [-0.3, -0.25) is 4.90 Å². The monoisotopic (exact) mass is 352 g/mol. The lowest BCUT2D eigenvalue weighted by Crippen LogP contribution is -2.51. The van der Waals surface area contributed by atoms with Crippen molar-refractivity contribution in [1.29, 1.82) is 0 Å². The average Bonchev–Trinajstić information content (AvgIpc) is 2.66. The molecular weight excluding hydrogens is 331 g/mol. The Kier molecular flexibility index (Phi) is 4.69. The van der Waals surface area contributed by atoms with Crippen LogP contribution in [0.4, 0.5) is 9.18 Å². The number of carbonyl (C=O) groups excluding carboxylic acids is 1. The van der Waals surface area contributed by atoms with Crippen molar-refractivity contribution in [1.82, 2.24) is 9.88 Å². The number of rotatable bonds is 3. The number of pyridine rings is 1. The molecule has 3 heterocycles. The number of piperidine rings is 1. The molecule has 1 aromatic carbocycles. The fourth-order valence-electron chi connectivity index (χ4n) is 3.93. The second-order valence-corrected chi connectivity index (χ2v) is 6.84. The van der Waals surface area contributed by atoms with Crippen molar-refractivity contribution in [2.24, 2.45) is 0 Å². The summed E-state index contributed by atoms with van der Waals surface area (Å²) in [6, 6.07) is 13.2. The van der Waals surface area contributed by atoms with Crippen molar-refractivity contribution in [3.05, 3.63) is 71.8 Å². The summed E-state index contributed by atoms with van der Waals surface area (Å²) in [7, 11) is 0. The molecule has 1 fully saturated rings. The molecule has 2 aliphatic rings. The van der Waals surface area contributed by atoms with Crippen LogP contribution in [0.1, 0.15) is 36.8 Å².